The van der Waals surface area contributed by atoms with Crippen LogP contribution in [0.1, 0.15) is 31.7 Å². The molecular formula is C19H21N3O2S. The summed E-state index contributed by atoms with van der Waals surface area (Å²) in [6, 6.07) is 9.44. The number of nitriles is 1. The minimum atomic E-state index is -0.623. The van der Waals surface area contributed by atoms with E-state index in [9.17, 15) is 9.59 Å². The van der Waals surface area contributed by atoms with Crippen molar-refractivity contribution < 1.29 is 9.59 Å². The van der Waals surface area contributed by atoms with Crippen molar-refractivity contribution >= 4 is 33.2 Å². The highest BCUT2D eigenvalue weighted by Crippen LogP contribution is 2.45. The number of nitrogens with zero attached hydrogens (tertiary/aromatic N) is 1. The van der Waals surface area contributed by atoms with Gasteiger partial charge >= 0.3 is 0 Å². The number of fused-ring (bicyclic) bond motifs is 1. The van der Waals surface area contributed by atoms with Gasteiger partial charge in [-0.1, -0.05) is 25.1 Å². The van der Waals surface area contributed by atoms with Crippen LogP contribution in [-0.4, -0.2) is 24.4 Å². The first-order valence-electron chi connectivity index (χ1n) is 8.44. The maximum absolute atomic E-state index is 12.5. The van der Waals surface area contributed by atoms with E-state index in [1.165, 1.54) is 4.70 Å². The molecule has 0 radical (unpaired) electrons. The Kier molecular flexibility index (Phi) is 5.05. The zero-order chi connectivity index (χ0) is 17.9. The molecule has 0 saturated heterocycles. The van der Waals surface area contributed by atoms with Crippen LogP contribution in [-0.2, 0) is 16.0 Å². The Morgan fingerprint density at radius 3 is 2.84 bits per heavy atom. The van der Waals surface area contributed by atoms with E-state index in [0.29, 0.717) is 13.0 Å². The Morgan fingerprint density at radius 1 is 1.36 bits per heavy atom. The number of hydrogen-bond donors (Lipinski definition) is 2. The van der Waals surface area contributed by atoms with E-state index in [1.54, 1.807) is 11.3 Å². The number of nitrogens with one attached hydrogen (secondary N) is 2. The van der Waals surface area contributed by atoms with Gasteiger partial charge in [-0.05, 0) is 35.2 Å². The maximum Gasteiger partial charge on any atom is 0.242 e. The van der Waals surface area contributed by atoms with E-state index in [1.807, 2.05) is 36.6 Å². The predicted octanol–water partition coefficient (Wildman–Crippen LogP) is 2.76. The smallest absolute Gasteiger partial charge is 0.242 e. The lowest BCUT2D eigenvalue weighted by atomic mass is 10.0. The number of thiophene rings is 1. The summed E-state index contributed by atoms with van der Waals surface area (Å²) < 4.78 is 1.17. The largest absolute Gasteiger partial charge is 0.353 e. The van der Waals surface area contributed by atoms with Crippen molar-refractivity contribution in [3.8, 4) is 6.07 Å². The summed E-state index contributed by atoms with van der Waals surface area (Å²) in [4.78, 5) is 25.0. The lowest BCUT2D eigenvalue weighted by Crippen LogP contribution is -2.49. The van der Waals surface area contributed by atoms with Crippen molar-refractivity contribution in [2.75, 3.05) is 6.54 Å². The van der Waals surface area contributed by atoms with Crippen molar-refractivity contribution in [3.05, 3.63) is 35.2 Å². The van der Waals surface area contributed by atoms with E-state index < -0.39 is 6.04 Å². The fourth-order valence-corrected chi connectivity index (χ4v) is 3.71. The quantitative estimate of drug-likeness (QED) is 0.749. The van der Waals surface area contributed by atoms with Gasteiger partial charge in [-0.25, -0.2) is 0 Å². The topological polar surface area (TPSA) is 82.0 Å². The molecule has 1 atom stereocenters. The van der Waals surface area contributed by atoms with E-state index in [4.69, 9.17) is 5.26 Å². The third-order valence-corrected chi connectivity index (χ3v) is 5.70. The number of carbonyl (C=O) groups excluding carboxylic acids is 2. The molecule has 1 saturated carbocycles. The molecule has 1 aliphatic carbocycles. The molecule has 0 aliphatic heterocycles. The Balaban J connectivity index is 1.76. The molecule has 1 aromatic heterocycles. The summed E-state index contributed by atoms with van der Waals surface area (Å²) in [6.07, 6.45) is 2.43. The molecular weight excluding hydrogens is 334 g/mol. The summed E-state index contributed by atoms with van der Waals surface area (Å²) in [5, 5.41) is 17.5. The number of rotatable bonds is 7. The zero-order valence-corrected chi connectivity index (χ0v) is 15.0. The van der Waals surface area contributed by atoms with Gasteiger partial charge in [0.2, 0.25) is 11.8 Å². The summed E-state index contributed by atoms with van der Waals surface area (Å²) in [6.45, 7) is 2.22. The van der Waals surface area contributed by atoms with Gasteiger partial charge < -0.3 is 10.6 Å². The number of benzene rings is 1. The first-order chi connectivity index (χ1) is 12.0. The van der Waals surface area contributed by atoms with Crippen LogP contribution in [0, 0.1) is 16.7 Å². The lowest BCUT2D eigenvalue weighted by Gasteiger charge is -2.20. The molecule has 2 N–H and O–H groups in total. The van der Waals surface area contributed by atoms with Crippen LogP contribution in [0.3, 0.4) is 0 Å². The Bertz CT molecular complexity index is 833. The average molecular weight is 355 g/mol. The molecule has 25 heavy (non-hydrogen) atoms. The fraction of sp³-hybridized carbons (Fsp3) is 0.421. The second kappa shape index (κ2) is 7.24. The van der Waals surface area contributed by atoms with Gasteiger partial charge in [0.1, 0.15) is 6.04 Å². The summed E-state index contributed by atoms with van der Waals surface area (Å²) in [5.41, 5.74) is 0.726. The standard InChI is InChI=1S/C19H21N3O2S/c1-19(7-8-19)18(24)22-15(17(23)21-10-4-9-20)11-13-12-25-16-6-3-2-5-14(13)16/h2-3,5-6,12,15H,4,7-8,10-11H2,1H3,(H,21,23)(H,22,24). The molecule has 5 nitrogen and oxygen atoms in total. The molecule has 0 spiro atoms. The van der Waals surface area contributed by atoms with Crippen LogP contribution in [0.25, 0.3) is 10.1 Å². The van der Waals surface area contributed by atoms with Crippen molar-refractivity contribution in [1.82, 2.24) is 10.6 Å². The van der Waals surface area contributed by atoms with Crippen LogP contribution in [0.4, 0.5) is 0 Å². The van der Waals surface area contributed by atoms with Gasteiger partial charge in [0, 0.05) is 23.1 Å². The van der Waals surface area contributed by atoms with Crippen LogP contribution in [0.2, 0.25) is 0 Å². The van der Waals surface area contributed by atoms with Gasteiger partial charge in [0.25, 0.3) is 0 Å². The number of hydrogen-bond acceptors (Lipinski definition) is 4. The third kappa shape index (κ3) is 3.99. The van der Waals surface area contributed by atoms with Gasteiger partial charge in [0.05, 0.1) is 12.5 Å². The monoisotopic (exact) mass is 355 g/mol. The predicted molar refractivity (Wildman–Crippen MR) is 98.0 cm³/mol. The lowest BCUT2D eigenvalue weighted by molar-refractivity contribution is -0.131. The molecule has 2 aromatic rings. The molecule has 1 aromatic carbocycles. The Hall–Kier alpha value is -2.39. The highest BCUT2D eigenvalue weighted by Gasteiger charge is 2.45. The van der Waals surface area contributed by atoms with E-state index in [0.717, 1.165) is 23.8 Å². The number of amides is 2. The third-order valence-electron chi connectivity index (χ3n) is 4.69. The normalized spacial score (nSPS) is 16.0. The summed E-state index contributed by atoms with van der Waals surface area (Å²) in [5.74, 6) is -0.296. The molecule has 3 rings (SSSR count). The van der Waals surface area contributed by atoms with Gasteiger partial charge in [-0.2, -0.15) is 5.26 Å². The molecule has 1 unspecified atom stereocenters. The maximum atomic E-state index is 12.5. The first kappa shape index (κ1) is 17.4. The molecule has 130 valence electrons. The highest BCUT2D eigenvalue weighted by atomic mass is 32.1. The van der Waals surface area contributed by atoms with Gasteiger partial charge in [-0.3, -0.25) is 9.59 Å². The van der Waals surface area contributed by atoms with Crippen molar-refractivity contribution in [1.29, 1.82) is 5.26 Å². The van der Waals surface area contributed by atoms with Crippen molar-refractivity contribution in [2.24, 2.45) is 5.41 Å². The Labute approximate surface area is 151 Å². The van der Waals surface area contributed by atoms with Crippen LogP contribution in [0.15, 0.2) is 29.6 Å². The fourth-order valence-electron chi connectivity index (χ4n) is 2.73. The molecule has 1 aliphatic rings. The SMILES string of the molecule is CC1(C(=O)NC(Cc2csc3ccccc23)C(=O)NCCC#N)CC1. The minimum Gasteiger partial charge on any atom is -0.353 e. The van der Waals surface area contributed by atoms with Gasteiger partial charge in [-0.15, -0.1) is 11.3 Å². The molecule has 1 fully saturated rings. The van der Waals surface area contributed by atoms with Crippen LogP contribution in [0.5, 0.6) is 0 Å². The van der Waals surface area contributed by atoms with Gasteiger partial charge in [0.15, 0.2) is 0 Å². The zero-order valence-electron chi connectivity index (χ0n) is 14.2. The molecule has 1 heterocycles. The van der Waals surface area contributed by atoms with E-state index >= 15 is 0 Å². The van der Waals surface area contributed by atoms with E-state index in [-0.39, 0.29) is 23.7 Å². The molecule has 2 amide bonds. The Morgan fingerprint density at radius 2 is 2.12 bits per heavy atom. The highest BCUT2D eigenvalue weighted by molar-refractivity contribution is 7.17. The molecule has 0 bridgehead atoms. The van der Waals surface area contributed by atoms with Crippen LogP contribution >= 0.6 is 11.3 Å². The molecule has 6 heteroatoms. The second-order valence-electron chi connectivity index (χ2n) is 6.75. The van der Waals surface area contributed by atoms with E-state index in [2.05, 4.69) is 16.7 Å². The first-order valence-corrected chi connectivity index (χ1v) is 9.32. The minimum absolute atomic E-state index is 0.0625. The number of carbonyl (C=O) groups is 2. The van der Waals surface area contributed by atoms with Crippen molar-refractivity contribution in [3.63, 3.8) is 0 Å². The van der Waals surface area contributed by atoms with Crippen molar-refractivity contribution in [2.45, 2.75) is 38.6 Å². The second-order valence-corrected chi connectivity index (χ2v) is 7.66. The average Bonchev–Trinajstić information content (AvgIpc) is 3.24. The summed E-state index contributed by atoms with van der Waals surface area (Å²) >= 11 is 1.64. The summed E-state index contributed by atoms with van der Waals surface area (Å²) in [7, 11) is 0. The van der Waals surface area contributed by atoms with Crippen LogP contribution < -0.4 is 10.6 Å².